The molecule has 3 aliphatic carbocycles. The Bertz CT molecular complexity index is 1000. The highest BCUT2D eigenvalue weighted by molar-refractivity contribution is 6.30. The number of aromatic nitrogens is 1. The van der Waals surface area contributed by atoms with Crippen molar-refractivity contribution in [3.05, 3.63) is 46.6 Å². The summed E-state index contributed by atoms with van der Waals surface area (Å²) >= 11 is 5.66. The van der Waals surface area contributed by atoms with E-state index in [0.717, 1.165) is 38.2 Å². The van der Waals surface area contributed by atoms with Crippen LogP contribution in [-0.2, 0) is 4.79 Å². The number of rotatable bonds is 6. The Labute approximate surface area is 184 Å². The van der Waals surface area contributed by atoms with Crippen molar-refractivity contribution in [2.75, 3.05) is 6.61 Å². The van der Waals surface area contributed by atoms with E-state index < -0.39 is 5.82 Å². The second-order valence-electron chi connectivity index (χ2n) is 8.74. The van der Waals surface area contributed by atoms with Crippen LogP contribution in [0, 0.1) is 18.7 Å². The largest absolute Gasteiger partial charge is 0.484 e. The Hall–Kier alpha value is -2.61. The van der Waals surface area contributed by atoms with Gasteiger partial charge in [0.1, 0.15) is 11.6 Å². The SMILES string of the molecule is Cc1cc(C(=O)NC23CCC(NC(=O)COc4ccc(Cl)c(F)c4)(CC2)[C@@H](C)C3)on1. The van der Waals surface area contributed by atoms with Gasteiger partial charge in [0.2, 0.25) is 5.76 Å². The Kier molecular flexibility index (Phi) is 5.68. The first-order valence-electron chi connectivity index (χ1n) is 10.4. The summed E-state index contributed by atoms with van der Waals surface area (Å²) in [4.78, 5) is 25.1. The second kappa shape index (κ2) is 8.15. The molecule has 7 nitrogen and oxygen atoms in total. The average molecular weight is 450 g/mol. The number of hydrogen-bond acceptors (Lipinski definition) is 5. The molecule has 3 aliphatic rings. The monoisotopic (exact) mass is 449 g/mol. The summed E-state index contributed by atoms with van der Waals surface area (Å²) < 4.78 is 24.0. The number of amides is 2. The molecule has 0 radical (unpaired) electrons. The van der Waals surface area contributed by atoms with Crippen molar-refractivity contribution in [2.45, 2.75) is 57.0 Å². The molecule has 166 valence electrons. The number of benzene rings is 1. The Balaban J connectivity index is 1.34. The van der Waals surface area contributed by atoms with Crippen LogP contribution >= 0.6 is 11.6 Å². The number of halogens is 2. The Morgan fingerprint density at radius 1 is 1.26 bits per heavy atom. The molecule has 2 amide bonds. The lowest BCUT2D eigenvalue weighted by atomic mass is 9.56. The molecule has 1 atom stereocenters. The molecule has 31 heavy (non-hydrogen) atoms. The molecule has 2 N–H and O–H groups in total. The van der Waals surface area contributed by atoms with E-state index in [1.807, 2.05) is 0 Å². The smallest absolute Gasteiger partial charge is 0.290 e. The molecule has 0 unspecified atom stereocenters. The standard InChI is InChI=1S/C22H25ClFN3O4/c1-13-11-21(26-20(29)18-9-14(2)27-31-18)5-7-22(13,8-6-21)25-19(28)12-30-15-3-4-16(23)17(24)10-15/h3-4,9-10,13H,5-8,11-12H2,1-2H3,(H,25,28)(H,26,29)/t13-,21?,22?/m0/s1. The lowest BCUT2D eigenvalue weighted by Crippen LogP contribution is -2.67. The maximum atomic E-state index is 13.5. The van der Waals surface area contributed by atoms with Crippen LogP contribution in [0.25, 0.3) is 0 Å². The fourth-order valence-electron chi connectivity index (χ4n) is 4.88. The lowest BCUT2D eigenvalue weighted by molar-refractivity contribution is -0.128. The zero-order chi connectivity index (χ0) is 22.2. The predicted octanol–water partition coefficient (Wildman–Crippen LogP) is 3.79. The normalized spacial score (nSPS) is 27.0. The fourth-order valence-corrected chi connectivity index (χ4v) is 5.00. The highest BCUT2D eigenvalue weighted by Crippen LogP contribution is 2.50. The number of carbonyl (C=O) groups is 2. The molecule has 2 bridgehead atoms. The molecule has 5 rings (SSSR count). The highest BCUT2D eigenvalue weighted by atomic mass is 35.5. The van der Waals surface area contributed by atoms with Crippen LogP contribution in [0.1, 0.15) is 55.3 Å². The van der Waals surface area contributed by atoms with Crippen molar-refractivity contribution in [1.29, 1.82) is 0 Å². The molecule has 1 aromatic carbocycles. The molecule has 3 fully saturated rings. The Morgan fingerprint density at radius 2 is 2.00 bits per heavy atom. The summed E-state index contributed by atoms with van der Waals surface area (Å²) in [5.41, 5.74) is 0.0238. The van der Waals surface area contributed by atoms with Crippen molar-refractivity contribution < 1.29 is 23.2 Å². The molecule has 0 aliphatic heterocycles. The first kappa shape index (κ1) is 21.6. The lowest BCUT2D eigenvalue weighted by Gasteiger charge is -2.57. The minimum atomic E-state index is -0.592. The minimum Gasteiger partial charge on any atom is -0.484 e. The van der Waals surface area contributed by atoms with Crippen LogP contribution in [0.2, 0.25) is 5.02 Å². The average Bonchev–Trinajstić information content (AvgIpc) is 3.17. The number of ether oxygens (including phenoxy) is 1. The van der Waals surface area contributed by atoms with Crippen molar-refractivity contribution in [1.82, 2.24) is 15.8 Å². The van der Waals surface area contributed by atoms with Crippen molar-refractivity contribution in [2.24, 2.45) is 5.92 Å². The van der Waals surface area contributed by atoms with E-state index in [2.05, 4.69) is 22.7 Å². The van der Waals surface area contributed by atoms with Crippen LogP contribution < -0.4 is 15.4 Å². The molecular weight excluding hydrogens is 425 g/mol. The van der Waals surface area contributed by atoms with Crippen molar-refractivity contribution >= 4 is 23.4 Å². The molecule has 0 spiro atoms. The van der Waals surface area contributed by atoms with E-state index in [0.29, 0.717) is 5.69 Å². The van der Waals surface area contributed by atoms with Crippen LogP contribution in [0.5, 0.6) is 5.75 Å². The van der Waals surface area contributed by atoms with E-state index in [-0.39, 0.29) is 51.9 Å². The van der Waals surface area contributed by atoms with Crippen molar-refractivity contribution in [3.63, 3.8) is 0 Å². The van der Waals surface area contributed by atoms with E-state index in [1.54, 1.807) is 13.0 Å². The van der Waals surface area contributed by atoms with Crippen LogP contribution in [0.3, 0.4) is 0 Å². The number of aryl methyl sites for hydroxylation is 1. The molecular formula is C22H25ClFN3O4. The van der Waals surface area contributed by atoms with Gasteiger partial charge in [-0.15, -0.1) is 0 Å². The van der Waals surface area contributed by atoms with Crippen molar-refractivity contribution in [3.8, 4) is 5.75 Å². The number of fused-ring (bicyclic) bond motifs is 3. The summed E-state index contributed by atoms with van der Waals surface area (Å²) in [6.45, 7) is 3.65. The maximum Gasteiger partial charge on any atom is 0.290 e. The fraction of sp³-hybridized carbons (Fsp3) is 0.500. The summed E-state index contributed by atoms with van der Waals surface area (Å²) in [6, 6.07) is 5.69. The van der Waals surface area contributed by atoms with Gasteiger partial charge in [0.15, 0.2) is 6.61 Å². The number of nitrogens with zero attached hydrogens (tertiary/aromatic N) is 1. The van der Waals surface area contributed by atoms with Crippen LogP contribution in [0.4, 0.5) is 4.39 Å². The van der Waals surface area contributed by atoms with Gasteiger partial charge in [0.25, 0.3) is 11.8 Å². The first-order valence-corrected chi connectivity index (χ1v) is 10.7. The number of hydrogen-bond donors (Lipinski definition) is 2. The Morgan fingerprint density at radius 3 is 2.61 bits per heavy atom. The van der Waals surface area contributed by atoms with Gasteiger partial charge >= 0.3 is 0 Å². The van der Waals surface area contributed by atoms with Crippen LogP contribution in [-0.4, -0.2) is 34.7 Å². The first-order chi connectivity index (χ1) is 14.7. The molecule has 9 heteroatoms. The highest BCUT2D eigenvalue weighted by Gasteiger charge is 2.54. The number of nitrogens with one attached hydrogen (secondary N) is 2. The zero-order valence-corrected chi connectivity index (χ0v) is 18.2. The van der Waals surface area contributed by atoms with Gasteiger partial charge in [0, 0.05) is 23.2 Å². The van der Waals surface area contributed by atoms with Gasteiger partial charge in [0.05, 0.1) is 10.7 Å². The van der Waals surface area contributed by atoms with Gasteiger partial charge in [-0.2, -0.15) is 0 Å². The zero-order valence-electron chi connectivity index (χ0n) is 17.5. The van der Waals surface area contributed by atoms with Gasteiger partial charge in [-0.25, -0.2) is 4.39 Å². The second-order valence-corrected chi connectivity index (χ2v) is 9.15. The molecule has 3 saturated carbocycles. The third-order valence-electron chi connectivity index (χ3n) is 6.62. The quantitative estimate of drug-likeness (QED) is 0.699. The van der Waals surface area contributed by atoms with Gasteiger partial charge < -0.3 is 19.9 Å². The third kappa shape index (κ3) is 4.39. The molecule has 1 heterocycles. The summed E-state index contributed by atoms with van der Waals surface area (Å²) in [5.74, 6) is -0.466. The van der Waals surface area contributed by atoms with E-state index >= 15 is 0 Å². The predicted molar refractivity (Wildman–Crippen MR) is 111 cm³/mol. The van der Waals surface area contributed by atoms with E-state index in [1.165, 1.54) is 12.1 Å². The molecule has 2 aromatic rings. The minimum absolute atomic E-state index is 0.00273. The van der Waals surface area contributed by atoms with Gasteiger partial charge in [-0.1, -0.05) is 23.7 Å². The topological polar surface area (TPSA) is 93.5 Å². The van der Waals surface area contributed by atoms with E-state index in [9.17, 15) is 14.0 Å². The third-order valence-corrected chi connectivity index (χ3v) is 6.93. The van der Waals surface area contributed by atoms with Gasteiger partial charge in [-0.3, -0.25) is 9.59 Å². The maximum absolute atomic E-state index is 13.5. The molecule has 1 aromatic heterocycles. The van der Waals surface area contributed by atoms with E-state index in [4.69, 9.17) is 20.9 Å². The summed E-state index contributed by atoms with van der Waals surface area (Å²) in [7, 11) is 0. The van der Waals surface area contributed by atoms with Crippen LogP contribution in [0.15, 0.2) is 28.8 Å². The number of carbonyl (C=O) groups excluding carboxylic acids is 2. The molecule has 0 saturated heterocycles. The van der Waals surface area contributed by atoms with Gasteiger partial charge in [-0.05, 0) is 57.1 Å². The summed E-state index contributed by atoms with van der Waals surface area (Å²) in [6.07, 6.45) is 3.80. The summed E-state index contributed by atoms with van der Waals surface area (Å²) in [5, 5.41) is 10.1.